The Balaban J connectivity index is 0.00000108. The van der Waals surface area contributed by atoms with Gasteiger partial charge in [0.05, 0.1) is 5.69 Å². The Hall–Kier alpha value is -1.43. The molecule has 1 aromatic rings. The first-order valence-electron chi connectivity index (χ1n) is 5.18. The van der Waals surface area contributed by atoms with Gasteiger partial charge in [0.2, 0.25) is 0 Å². The summed E-state index contributed by atoms with van der Waals surface area (Å²) in [5, 5.41) is 8.42. The van der Waals surface area contributed by atoms with Crippen LogP contribution < -0.4 is 0 Å². The number of rotatable bonds is 1. The van der Waals surface area contributed by atoms with Crippen LogP contribution in [0.5, 0.6) is 0 Å². The second-order valence-electron chi connectivity index (χ2n) is 3.82. The third-order valence-corrected chi connectivity index (χ3v) is 2.64. The minimum atomic E-state index is 0. The summed E-state index contributed by atoms with van der Waals surface area (Å²) in [6, 6.07) is 12.1. The van der Waals surface area contributed by atoms with Gasteiger partial charge in [-0.05, 0) is 6.07 Å². The molecule has 0 N–H and O–H groups in total. The van der Waals surface area contributed by atoms with Crippen molar-refractivity contribution >= 4 is 24.0 Å². The van der Waals surface area contributed by atoms with E-state index in [1.54, 1.807) is 0 Å². The highest BCUT2D eigenvalue weighted by atomic mass is 127. The molecule has 0 spiro atoms. The van der Waals surface area contributed by atoms with E-state index in [0.29, 0.717) is 0 Å². The second-order valence-corrected chi connectivity index (χ2v) is 3.82. The van der Waals surface area contributed by atoms with Crippen LogP contribution in [0.15, 0.2) is 48.8 Å². The number of fused-ring (bicyclic) bond motifs is 1. The highest BCUT2D eigenvalue weighted by Crippen LogP contribution is 2.30. The molecule has 0 saturated heterocycles. The van der Waals surface area contributed by atoms with Crippen LogP contribution in [-0.2, 0) is 7.05 Å². The van der Waals surface area contributed by atoms with E-state index in [-0.39, 0.29) is 24.0 Å². The molecule has 3 nitrogen and oxygen atoms in total. The van der Waals surface area contributed by atoms with Crippen LogP contribution in [0, 0.1) is 0 Å². The van der Waals surface area contributed by atoms with Crippen LogP contribution in [0.3, 0.4) is 0 Å². The Morgan fingerprint density at radius 1 is 1.00 bits per heavy atom. The Kier molecular flexibility index (Phi) is 3.42. The molecule has 0 fully saturated rings. The first kappa shape index (κ1) is 12.0. The number of nitrogens with zero attached hydrogens (tertiary/aromatic N) is 3. The lowest BCUT2D eigenvalue weighted by Gasteiger charge is -2.03. The zero-order chi connectivity index (χ0) is 11.0. The van der Waals surface area contributed by atoms with Gasteiger partial charge in [-0.25, -0.2) is 0 Å². The first-order valence-corrected chi connectivity index (χ1v) is 5.18. The molecular weight excluding hydrogens is 325 g/mol. The van der Waals surface area contributed by atoms with Gasteiger partial charge in [0.15, 0.2) is 0 Å². The standard InChI is InChI=1S/C13H11N3.HI/c1-16-8-7-12-11(9-16)13(15-14-12)10-5-3-2-4-6-10;/h2-9H,1H3;1H. The number of benzene rings is 1. The van der Waals surface area contributed by atoms with Gasteiger partial charge in [0.1, 0.15) is 5.69 Å². The fourth-order valence-electron chi connectivity index (χ4n) is 1.83. The molecule has 4 heteroatoms. The molecular formula is C13H12IN3. The van der Waals surface area contributed by atoms with Crippen molar-refractivity contribution in [3.63, 3.8) is 0 Å². The quantitative estimate of drug-likeness (QED) is 0.639. The predicted molar refractivity (Wildman–Crippen MR) is 78.5 cm³/mol. The van der Waals surface area contributed by atoms with Crippen LogP contribution in [0.25, 0.3) is 22.5 Å². The third kappa shape index (κ3) is 2.17. The zero-order valence-electron chi connectivity index (χ0n) is 9.37. The van der Waals surface area contributed by atoms with Gasteiger partial charge in [-0.2, -0.15) is 0 Å². The number of pyridine rings is 1. The summed E-state index contributed by atoms with van der Waals surface area (Å²) >= 11 is 0. The van der Waals surface area contributed by atoms with Crippen molar-refractivity contribution in [2.75, 3.05) is 0 Å². The normalized spacial score (nSPS) is 10.2. The molecule has 1 aromatic carbocycles. The lowest BCUT2D eigenvalue weighted by molar-refractivity contribution is 0.904. The molecule has 2 aliphatic rings. The monoisotopic (exact) mass is 337 g/mol. The number of hydrogen-bond donors (Lipinski definition) is 0. The van der Waals surface area contributed by atoms with Crippen LogP contribution in [0.1, 0.15) is 0 Å². The van der Waals surface area contributed by atoms with E-state index in [1.807, 2.05) is 42.1 Å². The average Bonchev–Trinajstić information content (AvgIpc) is 2.73. The van der Waals surface area contributed by atoms with Crippen molar-refractivity contribution in [1.82, 2.24) is 14.8 Å². The summed E-state index contributed by atoms with van der Waals surface area (Å²) in [5.41, 5.74) is 4.09. The molecule has 0 atom stereocenters. The van der Waals surface area contributed by atoms with Crippen molar-refractivity contribution < 1.29 is 0 Å². The fraction of sp³-hybridized carbons (Fsp3) is 0.0769. The summed E-state index contributed by atoms with van der Waals surface area (Å²) in [6.45, 7) is 0. The van der Waals surface area contributed by atoms with Crippen LogP contribution in [-0.4, -0.2) is 14.8 Å². The van der Waals surface area contributed by atoms with Gasteiger partial charge in [-0.3, -0.25) is 0 Å². The van der Waals surface area contributed by atoms with Crippen molar-refractivity contribution in [2.24, 2.45) is 7.05 Å². The Bertz CT molecular complexity index is 589. The Morgan fingerprint density at radius 3 is 2.53 bits per heavy atom. The molecule has 86 valence electrons. The van der Waals surface area contributed by atoms with E-state index in [0.717, 1.165) is 22.5 Å². The molecule has 2 aliphatic heterocycles. The van der Waals surface area contributed by atoms with Crippen molar-refractivity contribution in [1.29, 1.82) is 0 Å². The maximum Gasteiger partial charge on any atom is 0.104 e. The predicted octanol–water partition coefficient (Wildman–Crippen LogP) is 3.20. The van der Waals surface area contributed by atoms with E-state index in [4.69, 9.17) is 0 Å². The van der Waals surface area contributed by atoms with Crippen molar-refractivity contribution in [3.05, 3.63) is 48.8 Å². The lowest BCUT2D eigenvalue weighted by Crippen LogP contribution is -1.90. The van der Waals surface area contributed by atoms with Crippen molar-refractivity contribution in [3.8, 4) is 22.5 Å². The summed E-state index contributed by atoms with van der Waals surface area (Å²) < 4.78 is 2.01. The summed E-state index contributed by atoms with van der Waals surface area (Å²) in [7, 11) is 2.00. The summed E-state index contributed by atoms with van der Waals surface area (Å²) in [6.07, 6.45) is 4.03. The first-order chi connectivity index (χ1) is 7.84. The molecule has 0 saturated carbocycles. The minimum absolute atomic E-state index is 0. The van der Waals surface area contributed by atoms with E-state index >= 15 is 0 Å². The minimum Gasteiger partial charge on any atom is -0.356 e. The van der Waals surface area contributed by atoms with Gasteiger partial charge in [-0.15, -0.1) is 34.2 Å². The summed E-state index contributed by atoms with van der Waals surface area (Å²) in [5.74, 6) is 0. The molecule has 0 unspecified atom stereocenters. The summed E-state index contributed by atoms with van der Waals surface area (Å²) in [4.78, 5) is 0. The Morgan fingerprint density at radius 2 is 1.76 bits per heavy atom. The topological polar surface area (TPSA) is 30.7 Å². The number of aromatic nitrogens is 3. The van der Waals surface area contributed by atoms with E-state index in [1.165, 1.54) is 0 Å². The maximum atomic E-state index is 4.24. The van der Waals surface area contributed by atoms with Gasteiger partial charge in [0, 0.05) is 30.6 Å². The van der Waals surface area contributed by atoms with Crippen LogP contribution in [0.4, 0.5) is 0 Å². The molecule has 2 heterocycles. The van der Waals surface area contributed by atoms with E-state index < -0.39 is 0 Å². The van der Waals surface area contributed by atoms with Crippen LogP contribution in [0.2, 0.25) is 0 Å². The maximum absolute atomic E-state index is 4.24. The fourth-order valence-corrected chi connectivity index (χ4v) is 1.83. The Labute approximate surface area is 117 Å². The highest BCUT2D eigenvalue weighted by molar-refractivity contribution is 14.0. The SMILES string of the molecule is Cn1ccc2nnc(-c3ccccc3)c-2c1.I. The number of halogens is 1. The molecule has 17 heavy (non-hydrogen) atoms. The van der Waals surface area contributed by atoms with Gasteiger partial charge in [0.25, 0.3) is 0 Å². The molecule has 0 aromatic heterocycles. The number of aryl methyl sites for hydroxylation is 1. The highest BCUT2D eigenvalue weighted by Gasteiger charge is 2.14. The van der Waals surface area contributed by atoms with Crippen LogP contribution >= 0.6 is 24.0 Å². The molecule has 3 rings (SSSR count). The molecule has 0 amide bonds. The average molecular weight is 337 g/mol. The largest absolute Gasteiger partial charge is 0.356 e. The molecule has 0 aliphatic carbocycles. The zero-order valence-corrected chi connectivity index (χ0v) is 11.7. The van der Waals surface area contributed by atoms with Gasteiger partial charge < -0.3 is 4.57 Å². The number of hydrogen-bond acceptors (Lipinski definition) is 2. The van der Waals surface area contributed by atoms with Crippen molar-refractivity contribution in [2.45, 2.75) is 0 Å². The molecule has 0 bridgehead atoms. The second kappa shape index (κ2) is 4.83. The van der Waals surface area contributed by atoms with E-state index in [9.17, 15) is 0 Å². The third-order valence-electron chi connectivity index (χ3n) is 2.64. The molecule has 0 radical (unpaired) electrons. The van der Waals surface area contributed by atoms with E-state index in [2.05, 4.69) is 28.5 Å². The van der Waals surface area contributed by atoms with Gasteiger partial charge >= 0.3 is 0 Å². The van der Waals surface area contributed by atoms with Gasteiger partial charge in [-0.1, -0.05) is 30.3 Å². The smallest absolute Gasteiger partial charge is 0.104 e. The lowest BCUT2D eigenvalue weighted by atomic mass is 10.1.